The van der Waals surface area contributed by atoms with Gasteiger partial charge < -0.3 is 9.80 Å². The Balaban J connectivity index is 1.79. The number of fused-ring (bicyclic) bond motifs is 1. The molecule has 1 spiro atoms. The first-order valence-electron chi connectivity index (χ1n) is 9.65. The SMILES string of the molecule is CN1C(=O)[C@@H]2N(C3CCCCC3)C(=O)[C@@]3(N)N(C)c4ccccc4[C@@]23C1=O. The van der Waals surface area contributed by atoms with Crippen molar-refractivity contribution in [2.75, 3.05) is 19.0 Å². The van der Waals surface area contributed by atoms with Crippen LogP contribution in [0.15, 0.2) is 24.3 Å². The number of carbonyl (C=O) groups excluding carboxylic acids is 3. The highest BCUT2D eigenvalue weighted by molar-refractivity contribution is 6.22. The normalized spacial score (nSPS) is 35.7. The fourth-order valence-corrected chi connectivity index (χ4v) is 5.93. The zero-order valence-corrected chi connectivity index (χ0v) is 15.6. The minimum absolute atomic E-state index is 0.0389. The van der Waals surface area contributed by atoms with Crippen LogP contribution in [0.5, 0.6) is 0 Å². The number of imide groups is 1. The van der Waals surface area contributed by atoms with Crippen LogP contribution in [-0.2, 0) is 19.8 Å². The van der Waals surface area contributed by atoms with Gasteiger partial charge in [0.05, 0.1) is 0 Å². The van der Waals surface area contributed by atoms with E-state index in [-0.39, 0.29) is 23.8 Å². The van der Waals surface area contributed by atoms with E-state index in [0.717, 1.165) is 37.8 Å². The summed E-state index contributed by atoms with van der Waals surface area (Å²) in [6.45, 7) is 0. The number of rotatable bonds is 1. The molecular formula is C20H24N4O3. The topological polar surface area (TPSA) is 86.9 Å². The van der Waals surface area contributed by atoms with Crippen LogP contribution in [0.4, 0.5) is 5.69 Å². The predicted molar refractivity (Wildman–Crippen MR) is 98.7 cm³/mol. The summed E-state index contributed by atoms with van der Waals surface area (Å²) in [5.41, 5.74) is 5.31. The molecule has 0 bridgehead atoms. The molecule has 27 heavy (non-hydrogen) atoms. The van der Waals surface area contributed by atoms with Gasteiger partial charge in [0.2, 0.25) is 5.91 Å². The highest BCUT2D eigenvalue weighted by Gasteiger charge is 2.83. The van der Waals surface area contributed by atoms with Crippen molar-refractivity contribution in [3.8, 4) is 0 Å². The van der Waals surface area contributed by atoms with Gasteiger partial charge in [-0.2, -0.15) is 0 Å². The molecule has 142 valence electrons. The fourth-order valence-electron chi connectivity index (χ4n) is 5.93. The molecule has 3 amide bonds. The lowest BCUT2D eigenvalue weighted by Crippen LogP contribution is -2.69. The van der Waals surface area contributed by atoms with Crippen molar-refractivity contribution in [3.05, 3.63) is 29.8 Å². The summed E-state index contributed by atoms with van der Waals surface area (Å²) in [4.78, 5) is 45.0. The summed E-state index contributed by atoms with van der Waals surface area (Å²) < 4.78 is 0. The highest BCUT2D eigenvalue weighted by atomic mass is 16.2. The van der Waals surface area contributed by atoms with E-state index < -0.39 is 17.1 Å². The molecule has 7 heteroatoms. The molecule has 7 nitrogen and oxygen atoms in total. The maximum absolute atomic E-state index is 13.7. The molecule has 2 N–H and O–H groups in total. The summed E-state index contributed by atoms with van der Waals surface area (Å²) in [5.74, 6) is -0.993. The molecule has 0 aromatic heterocycles. The van der Waals surface area contributed by atoms with E-state index in [1.165, 1.54) is 11.9 Å². The van der Waals surface area contributed by atoms with Crippen LogP contribution in [0.3, 0.4) is 0 Å². The minimum Gasteiger partial charge on any atom is -0.347 e. The lowest BCUT2D eigenvalue weighted by atomic mass is 9.71. The highest BCUT2D eigenvalue weighted by Crippen LogP contribution is 2.60. The van der Waals surface area contributed by atoms with E-state index in [1.807, 2.05) is 24.3 Å². The average molecular weight is 368 g/mol. The first-order valence-corrected chi connectivity index (χ1v) is 9.65. The van der Waals surface area contributed by atoms with Crippen molar-refractivity contribution in [3.63, 3.8) is 0 Å². The zero-order valence-electron chi connectivity index (χ0n) is 15.6. The number of amides is 3. The summed E-state index contributed by atoms with van der Waals surface area (Å²) >= 11 is 0. The molecule has 0 unspecified atom stereocenters. The number of benzene rings is 1. The lowest BCUT2D eigenvalue weighted by molar-refractivity contribution is -0.147. The number of carbonyl (C=O) groups is 3. The summed E-state index contributed by atoms with van der Waals surface area (Å²) in [6.07, 6.45) is 4.89. The summed E-state index contributed by atoms with van der Waals surface area (Å²) in [7, 11) is 3.26. The van der Waals surface area contributed by atoms with Crippen molar-refractivity contribution in [1.29, 1.82) is 0 Å². The second-order valence-corrected chi connectivity index (χ2v) is 8.26. The Kier molecular flexibility index (Phi) is 3.16. The maximum atomic E-state index is 13.7. The van der Waals surface area contributed by atoms with E-state index in [1.54, 1.807) is 16.8 Å². The number of para-hydroxylation sites is 1. The van der Waals surface area contributed by atoms with Crippen molar-refractivity contribution in [2.24, 2.45) is 5.73 Å². The second kappa shape index (κ2) is 5.10. The summed E-state index contributed by atoms with van der Waals surface area (Å²) in [5, 5.41) is 0. The van der Waals surface area contributed by atoms with Crippen LogP contribution in [0.2, 0.25) is 0 Å². The van der Waals surface area contributed by atoms with Gasteiger partial charge in [-0.05, 0) is 24.5 Å². The molecular weight excluding hydrogens is 344 g/mol. The average Bonchev–Trinajstić information content (AvgIpc) is 3.12. The van der Waals surface area contributed by atoms with Crippen LogP contribution in [-0.4, -0.2) is 59.4 Å². The Morgan fingerprint density at radius 2 is 1.67 bits per heavy atom. The molecule has 4 aliphatic rings. The van der Waals surface area contributed by atoms with E-state index in [9.17, 15) is 14.4 Å². The molecule has 0 radical (unpaired) electrons. The van der Waals surface area contributed by atoms with E-state index in [2.05, 4.69) is 0 Å². The quantitative estimate of drug-likeness (QED) is 0.733. The maximum Gasteiger partial charge on any atom is 0.265 e. The van der Waals surface area contributed by atoms with Crippen molar-refractivity contribution in [1.82, 2.24) is 9.80 Å². The molecule has 2 saturated heterocycles. The van der Waals surface area contributed by atoms with Gasteiger partial charge in [0.15, 0.2) is 11.1 Å². The largest absolute Gasteiger partial charge is 0.347 e. The van der Waals surface area contributed by atoms with E-state index in [4.69, 9.17) is 5.73 Å². The zero-order chi connectivity index (χ0) is 19.1. The number of anilines is 1. The first kappa shape index (κ1) is 16.7. The van der Waals surface area contributed by atoms with Gasteiger partial charge in [-0.15, -0.1) is 0 Å². The predicted octanol–water partition coefficient (Wildman–Crippen LogP) is 0.571. The fraction of sp³-hybridized carbons (Fsp3) is 0.550. The molecule has 1 aromatic rings. The Hall–Kier alpha value is -2.41. The van der Waals surface area contributed by atoms with Gasteiger partial charge in [-0.25, -0.2) is 0 Å². The molecule has 1 aliphatic carbocycles. The molecule has 3 atom stereocenters. The lowest BCUT2D eigenvalue weighted by Gasteiger charge is -2.37. The third kappa shape index (κ3) is 1.57. The van der Waals surface area contributed by atoms with Gasteiger partial charge in [0.25, 0.3) is 11.8 Å². The number of nitrogens with two attached hydrogens (primary N) is 1. The third-order valence-corrected chi connectivity index (χ3v) is 7.24. The van der Waals surface area contributed by atoms with Gasteiger partial charge in [0, 0.05) is 25.8 Å². The van der Waals surface area contributed by atoms with E-state index in [0.29, 0.717) is 5.56 Å². The molecule has 3 heterocycles. The molecule has 1 aromatic carbocycles. The van der Waals surface area contributed by atoms with Crippen LogP contribution in [0.1, 0.15) is 37.7 Å². The van der Waals surface area contributed by atoms with Crippen molar-refractivity contribution < 1.29 is 14.4 Å². The number of nitrogens with zero attached hydrogens (tertiary/aromatic N) is 3. The van der Waals surface area contributed by atoms with Crippen LogP contribution < -0.4 is 10.6 Å². The Morgan fingerprint density at radius 3 is 2.37 bits per heavy atom. The van der Waals surface area contributed by atoms with Gasteiger partial charge in [0.1, 0.15) is 6.04 Å². The number of likely N-dealkylation sites (tertiary alicyclic amines) is 2. The van der Waals surface area contributed by atoms with Gasteiger partial charge in [-0.1, -0.05) is 37.5 Å². The molecule has 5 rings (SSSR count). The molecule has 1 saturated carbocycles. The molecule has 3 aliphatic heterocycles. The van der Waals surface area contributed by atoms with Crippen LogP contribution in [0, 0.1) is 0 Å². The molecule has 3 fully saturated rings. The van der Waals surface area contributed by atoms with Gasteiger partial charge in [-0.3, -0.25) is 25.0 Å². The first-order chi connectivity index (χ1) is 12.9. The van der Waals surface area contributed by atoms with Crippen molar-refractivity contribution in [2.45, 2.75) is 55.3 Å². The van der Waals surface area contributed by atoms with Crippen LogP contribution >= 0.6 is 0 Å². The number of hydrogen-bond donors (Lipinski definition) is 1. The minimum atomic E-state index is -1.57. The number of hydrogen-bond acceptors (Lipinski definition) is 5. The summed E-state index contributed by atoms with van der Waals surface area (Å²) in [6, 6.07) is 6.51. The number of likely N-dealkylation sites (N-methyl/N-ethyl adjacent to an activating group) is 2. The Morgan fingerprint density at radius 1 is 1.00 bits per heavy atom. The third-order valence-electron chi connectivity index (χ3n) is 7.24. The Labute approximate surface area is 158 Å². The van der Waals surface area contributed by atoms with Crippen molar-refractivity contribution >= 4 is 23.4 Å². The van der Waals surface area contributed by atoms with Gasteiger partial charge >= 0.3 is 0 Å². The monoisotopic (exact) mass is 368 g/mol. The van der Waals surface area contributed by atoms with Crippen LogP contribution in [0.25, 0.3) is 0 Å². The van der Waals surface area contributed by atoms with E-state index >= 15 is 0 Å². The standard InChI is InChI=1S/C20H24N4O3/c1-22-16(25)15-19(17(22)26)13-10-6-7-11-14(13)23(2)20(19,21)18(27)24(15)12-8-4-3-5-9-12/h6-7,10-12,15H,3-5,8-9,21H2,1-2H3/t15-,19-,20+/m0/s1. The smallest absolute Gasteiger partial charge is 0.265 e. The second-order valence-electron chi connectivity index (χ2n) is 8.26. The Bertz CT molecular complexity index is 880.